The summed E-state index contributed by atoms with van der Waals surface area (Å²) in [5.74, 6) is 0.840. The SMILES string of the molecule is O=C1CSC(c2cccc(Cl)c2)N1CCCN1CCCC1. The molecule has 5 heteroatoms. The molecule has 2 fully saturated rings. The van der Waals surface area contributed by atoms with Crippen LogP contribution in [0.3, 0.4) is 0 Å². The molecule has 1 aromatic carbocycles. The molecular weight excluding hydrogens is 304 g/mol. The molecule has 3 rings (SSSR count). The zero-order chi connectivity index (χ0) is 14.7. The van der Waals surface area contributed by atoms with Gasteiger partial charge in [0.1, 0.15) is 5.37 Å². The average Bonchev–Trinajstić information content (AvgIpc) is 3.10. The molecular formula is C16H21ClN2OS. The molecule has 21 heavy (non-hydrogen) atoms. The smallest absolute Gasteiger partial charge is 0.233 e. The van der Waals surface area contributed by atoms with Crippen molar-refractivity contribution in [1.29, 1.82) is 0 Å². The van der Waals surface area contributed by atoms with Gasteiger partial charge in [0.2, 0.25) is 5.91 Å². The van der Waals surface area contributed by atoms with E-state index in [1.807, 2.05) is 23.1 Å². The Morgan fingerprint density at radius 3 is 2.81 bits per heavy atom. The first-order valence-electron chi connectivity index (χ1n) is 7.63. The fraction of sp³-hybridized carbons (Fsp3) is 0.562. The molecule has 0 spiro atoms. The molecule has 0 aliphatic carbocycles. The highest BCUT2D eigenvalue weighted by atomic mass is 35.5. The van der Waals surface area contributed by atoms with E-state index in [2.05, 4.69) is 11.0 Å². The van der Waals surface area contributed by atoms with Gasteiger partial charge in [0.05, 0.1) is 5.75 Å². The third-order valence-corrected chi connectivity index (χ3v) is 5.67. The predicted molar refractivity (Wildman–Crippen MR) is 88.7 cm³/mol. The Kier molecular flexibility index (Phi) is 5.09. The van der Waals surface area contributed by atoms with E-state index >= 15 is 0 Å². The molecule has 1 aromatic rings. The van der Waals surface area contributed by atoms with Crippen LogP contribution in [-0.2, 0) is 4.79 Å². The van der Waals surface area contributed by atoms with Crippen molar-refractivity contribution in [1.82, 2.24) is 9.80 Å². The molecule has 114 valence electrons. The summed E-state index contributed by atoms with van der Waals surface area (Å²) in [4.78, 5) is 16.7. The van der Waals surface area contributed by atoms with Gasteiger partial charge in [-0.15, -0.1) is 11.8 Å². The Balaban J connectivity index is 1.59. The first kappa shape index (κ1) is 15.2. The molecule has 1 amide bonds. The minimum absolute atomic E-state index is 0.134. The Morgan fingerprint density at radius 1 is 1.24 bits per heavy atom. The molecule has 0 bridgehead atoms. The zero-order valence-corrected chi connectivity index (χ0v) is 13.7. The van der Waals surface area contributed by atoms with Crippen LogP contribution in [0, 0.1) is 0 Å². The molecule has 1 atom stereocenters. The molecule has 3 nitrogen and oxygen atoms in total. The van der Waals surface area contributed by atoms with Crippen LogP contribution in [0.5, 0.6) is 0 Å². The van der Waals surface area contributed by atoms with Gasteiger partial charge in [-0.3, -0.25) is 4.79 Å². The van der Waals surface area contributed by atoms with Crippen molar-refractivity contribution in [3.8, 4) is 0 Å². The van der Waals surface area contributed by atoms with E-state index in [9.17, 15) is 4.79 Å². The summed E-state index contributed by atoms with van der Waals surface area (Å²) in [5.41, 5.74) is 1.14. The van der Waals surface area contributed by atoms with Crippen molar-refractivity contribution < 1.29 is 4.79 Å². The molecule has 0 aromatic heterocycles. The van der Waals surface area contributed by atoms with Gasteiger partial charge >= 0.3 is 0 Å². The fourth-order valence-corrected chi connectivity index (χ4v) is 4.51. The molecule has 1 unspecified atom stereocenters. The van der Waals surface area contributed by atoms with Crippen LogP contribution in [0.1, 0.15) is 30.2 Å². The second-order valence-electron chi connectivity index (χ2n) is 5.71. The quantitative estimate of drug-likeness (QED) is 0.829. The van der Waals surface area contributed by atoms with Crippen LogP contribution in [0.15, 0.2) is 24.3 Å². The number of carbonyl (C=O) groups excluding carboxylic acids is 1. The van der Waals surface area contributed by atoms with E-state index in [1.165, 1.54) is 25.9 Å². The van der Waals surface area contributed by atoms with Crippen LogP contribution >= 0.6 is 23.4 Å². The largest absolute Gasteiger partial charge is 0.326 e. The summed E-state index contributed by atoms with van der Waals surface area (Å²) in [7, 11) is 0. The number of hydrogen-bond acceptors (Lipinski definition) is 3. The topological polar surface area (TPSA) is 23.6 Å². The average molecular weight is 325 g/mol. The van der Waals surface area contributed by atoms with Gasteiger partial charge in [-0.2, -0.15) is 0 Å². The Morgan fingerprint density at radius 2 is 2.05 bits per heavy atom. The number of rotatable bonds is 5. The summed E-state index contributed by atoms with van der Waals surface area (Å²) < 4.78 is 0. The highest BCUT2D eigenvalue weighted by Crippen LogP contribution is 2.39. The summed E-state index contributed by atoms with van der Waals surface area (Å²) >= 11 is 7.79. The van der Waals surface area contributed by atoms with Crippen LogP contribution in [0.2, 0.25) is 5.02 Å². The lowest BCUT2D eigenvalue weighted by Gasteiger charge is -2.25. The number of hydrogen-bond donors (Lipinski definition) is 0. The van der Waals surface area contributed by atoms with Crippen LogP contribution in [0.25, 0.3) is 0 Å². The lowest BCUT2D eigenvalue weighted by Crippen LogP contribution is -2.31. The Bertz CT molecular complexity index is 505. The summed E-state index contributed by atoms with van der Waals surface area (Å²) in [6.45, 7) is 4.40. The van der Waals surface area contributed by atoms with Gasteiger partial charge in [-0.25, -0.2) is 0 Å². The number of amides is 1. The van der Waals surface area contributed by atoms with Gasteiger partial charge in [0.25, 0.3) is 0 Å². The van der Waals surface area contributed by atoms with E-state index in [0.717, 1.165) is 30.1 Å². The minimum atomic E-state index is 0.134. The van der Waals surface area contributed by atoms with Crippen molar-refractivity contribution >= 4 is 29.3 Å². The second-order valence-corrected chi connectivity index (χ2v) is 7.21. The minimum Gasteiger partial charge on any atom is -0.326 e. The van der Waals surface area contributed by atoms with Gasteiger partial charge in [0.15, 0.2) is 0 Å². The Hall–Kier alpha value is -0.710. The van der Waals surface area contributed by atoms with Gasteiger partial charge in [-0.05, 0) is 56.6 Å². The van der Waals surface area contributed by atoms with E-state index in [1.54, 1.807) is 11.8 Å². The third kappa shape index (κ3) is 3.74. The van der Waals surface area contributed by atoms with Crippen molar-refractivity contribution in [2.24, 2.45) is 0 Å². The van der Waals surface area contributed by atoms with Crippen LogP contribution in [0.4, 0.5) is 0 Å². The predicted octanol–water partition coefficient (Wildman–Crippen LogP) is 3.40. The number of halogens is 1. The normalized spacial score (nSPS) is 23.2. The van der Waals surface area contributed by atoms with Crippen molar-refractivity contribution in [2.45, 2.75) is 24.6 Å². The maximum absolute atomic E-state index is 12.1. The maximum atomic E-state index is 12.1. The summed E-state index contributed by atoms with van der Waals surface area (Å²) in [5, 5.41) is 0.874. The van der Waals surface area contributed by atoms with Crippen LogP contribution in [-0.4, -0.2) is 47.6 Å². The second kappa shape index (κ2) is 7.03. The van der Waals surface area contributed by atoms with E-state index in [-0.39, 0.29) is 11.3 Å². The molecule has 2 aliphatic heterocycles. The number of nitrogens with zero attached hydrogens (tertiary/aromatic N) is 2. The first-order valence-corrected chi connectivity index (χ1v) is 9.05. The highest BCUT2D eigenvalue weighted by Gasteiger charge is 2.32. The van der Waals surface area contributed by atoms with E-state index < -0.39 is 0 Å². The molecule has 2 heterocycles. The molecule has 0 radical (unpaired) electrons. The monoisotopic (exact) mass is 324 g/mol. The molecule has 0 N–H and O–H groups in total. The maximum Gasteiger partial charge on any atom is 0.233 e. The van der Waals surface area contributed by atoms with Crippen molar-refractivity contribution in [3.63, 3.8) is 0 Å². The first-order chi connectivity index (χ1) is 10.2. The van der Waals surface area contributed by atoms with Crippen LogP contribution < -0.4 is 0 Å². The summed E-state index contributed by atoms with van der Waals surface area (Å²) in [6, 6.07) is 7.88. The lowest BCUT2D eigenvalue weighted by atomic mass is 10.2. The molecule has 0 saturated carbocycles. The number of benzene rings is 1. The zero-order valence-electron chi connectivity index (χ0n) is 12.1. The van der Waals surface area contributed by atoms with E-state index in [0.29, 0.717) is 5.75 Å². The van der Waals surface area contributed by atoms with Gasteiger partial charge in [-0.1, -0.05) is 23.7 Å². The van der Waals surface area contributed by atoms with Gasteiger partial charge in [0, 0.05) is 11.6 Å². The standard InChI is InChI=1S/C16H21ClN2OS/c17-14-6-3-5-13(11-14)16-19(15(20)12-21-16)10-4-9-18-7-1-2-8-18/h3,5-6,11,16H,1-2,4,7-10,12H2. The van der Waals surface area contributed by atoms with Gasteiger partial charge < -0.3 is 9.80 Å². The van der Waals surface area contributed by atoms with E-state index in [4.69, 9.17) is 11.6 Å². The third-order valence-electron chi connectivity index (χ3n) is 4.17. The van der Waals surface area contributed by atoms with Crippen molar-refractivity contribution in [2.75, 3.05) is 31.9 Å². The summed E-state index contributed by atoms with van der Waals surface area (Å²) in [6.07, 6.45) is 3.70. The number of carbonyl (C=O) groups is 1. The fourth-order valence-electron chi connectivity index (χ4n) is 3.10. The lowest BCUT2D eigenvalue weighted by molar-refractivity contribution is -0.128. The Labute approximate surface area is 135 Å². The van der Waals surface area contributed by atoms with Crippen molar-refractivity contribution in [3.05, 3.63) is 34.9 Å². The number of likely N-dealkylation sites (tertiary alicyclic amines) is 1. The molecule has 2 saturated heterocycles. The highest BCUT2D eigenvalue weighted by molar-refractivity contribution is 8.00. The molecule has 2 aliphatic rings. The number of thioether (sulfide) groups is 1.